The van der Waals surface area contributed by atoms with Crippen molar-refractivity contribution >= 4 is 272 Å². The van der Waals surface area contributed by atoms with Gasteiger partial charge in [-0.15, -0.1) is 45.3 Å². The number of amides is 9. The molecule has 0 aliphatic rings. The summed E-state index contributed by atoms with van der Waals surface area (Å²) in [6.07, 6.45) is 6.34. The smallest absolute Gasteiger partial charge is 0.340 e. The second-order valence-corrected chi connectivity index (χ2v) is 47.6. The largest absolute Gasteiger partial charge is 0.465 e. The van der Waals surface area contributed by atoms with E-state index in [0.717, 1.165) is 73.7 Å². The predicted octanol–water partition coefficient (Wildman–Crippen LogP) is 15.4. The summed E-state index contributed by atoms with van der Waals surface area (Å²) in [7, 11) is -8.14. The molecule has 0 fully saturated rings. The Hall–Kier alpha value is -15.1. The lowest BCUT2D eigenvalue weighted by Gasteiger charge is -2.15. The van der Waals surface area contributed by atoms with E-state index in [-0.39, 0.29) is 106 Å². The Bertz CT molecular complexity index is 8790. The van der Waals surface area contributed by atoms with Gasteiger partial charge >= 0.3 is 30.1 Å². The van der Waals surface area contributed by atoms with Crippen LogP contribution in [0.5, 0.6) is 0 Å². The first-order valence-corrected chi connectivity index (χ1v) is 54.8. The fourth-order valence-electron chi connectivity index (χ4n) is 14.0. The number of carbonyl (C=O) groups excluding carboxylic acids is 6. The number of anilines is 8. The van der Waals surface area contributed by atoms with E-state index in [1.165, 1.54) is 173 Å². The summed E-state index contributed by atoms with van der Waals surface area (Å²) in [5.41, 5.74) is 3.98. The second-order valence-electron chi connectivity index (χ2n) is 31.1. The highest BCUT2D eigenvalue weighted by Crippen LogP contribution is 2.35. The van der Waals surface area contributed by atoms with Gasteiger partial charge < -0.3 is 57.5 Å². The Morgan fingerprint density at radius 2 is 0.626 bits per heavy atom. The fourth-order valence-corrected chi connectivity index (χ4v) is 24.4. The van der Waals surface area contributed by atoms with Crippen LogP contribution in [0, 0.1) is 10.1 Å². The lowest BCUT2D eigenvalue weighted by Crippen LogP contribution is -2.34. The molecule has 0 aliphatic carbocycles. The van der Waals surface area contributed by atoms with E-state index in [9.17, 15) is 100 Å². The Labute approximate surface area is 871 Å². The Balaban J connectivity index is 0.000000164. The first kappa shape index (κ1) is 109. The number of carbonyl (C=O) groups is 6. The third-order valence-corrected chi connectivity index (χ3v) is 34.4. The Morgan fingerprint density at radius 3 is 0.905 bits per heavy atom. The molecule has 13 N–H and O–H groups in total. The number of hydrogen-bond donors (Lipinski definition) is 13. The van der Waals surface area contributed by atoms with Crippen molar-refractivity contribution in [3.8, 4) is 22.7 Å². The maximum Gasteiger partial charge on any atom is 0.340 e. The average Bonchev–Trinajstić information content (AvgIpc) is 1.49. The van der Waals surface area contributed by atoms with E-state index >= 15 is 0 Å². The van der Waals surface area contributed by atoms with Gasteiger partial charge in [-0.25, -0.2) is 85.0 Å². The number of thiophene rings is 4. The van der Waals surface area contributed by atoms with E-state index < -0.39 is 96.1 Å². The lowest BCUT2D eigenvalue weighted by atomic mass is 10.1. The highest BCUT2D eigenvalue weighted by atomic mass is 35.5. The summed E-state index contributed by atoms with van der Waals surface area (Å²) >= 11 is 26.3. The van der Waals surface area contributed by atoms with E-state index in [0.29, 0.717) is 79.7 Å². The second kappa shape index (κ2) is 46.1. The molecule has 16 aromatic rings. The van der Waals surface area contributed by atoms with E-state index in [1.54, 1.807) is 113 Å². The standard InChI is InChI=1S/C26H27ClN6O5S2.C23H19ClN4O6S2.C22H19ClN4O6S3.C21H16ClN5O6S2/c1-28-17-6-9-19-20(14-17)21(24(34)29-12-13-32(2)3)15-33(25(19)35)18-7-4-16(5-8-18)30-26(36)31-40(37,38)23-11-10-22(27)39-23;1-25-14-5-8-16-17(11-14)18(22(30)34-2)12-28(21(16)29)15-6-3-13(4-7-15)26-23(31)27-36(32,33)20-10-9-19(24)35-20;1-24-14-5-8-16-17(11-14)18(35(2,30)31)12-27(21(16)28)15-6-3-13(4-7-15)25-22(29)26-36(32,33)20-10-9-19(23)34-20;1-23-13-4-7-15-16(10-13)17(27(30)31)11-26(20(15)28)14-5-2-12(3-6-14)24-21(29)25-35(32,33)19-9-8-18(22)34-19/h4-11,14-15,28H,12-13H2,1-3H3,(H,29,34)(H2,30,31,36);3-12,25H,1-2H3,(H2,26,27,31);3-12,24H,1-2H3,(H2,25,26,29);2-11,23H,1H3,(H2,24,25,29). The summed E-state index contributed by atoms with van der Waals surface area (Å²) < 4.78 is 141. The maximum atomic E-state index is 13.4. The zero-order valence-electron chi connectivity index (χ0n) is 77.3. The van der Waals surface area contributed by atoms with Crippen LogP contribution in [-0.4, -0.2) is 175 Å². The number of sulfone groups is 1. The lowest BCUT2D eigenvalue weighted by molar-refractivity contribution is -0.383. The van der Waals surface area contributed by atoms with Gasteiger partial charge in [0.1, 0.15) is 16.8 Å². The molecule has 147 heavy (non-hydrogen) atoms. The van der Waals surface area contributed by atoms with Gasteiger partial charge in [-0.3, -0.25) is 52.4 Å². The number of nitro groups is 1. The highest BCUT2D eigenvalue weighted by molar-refractivity contribution is 7.93. The molecule has 8 heterocycles. The third-order valence-electron chi connectivity index (χ3n) is 21.0. The summed E-state index contributed by atoms with van der Waals surface area (Å²) in [5.74, 6) is -0.928. The number of methoxy groups -OCH3 is 1. The number of sulfonamides is 4. The maximum absolute atomic E-state index is 13.4. The van der Waals surface area contributed by atoms with Crippen molar-refractivity contribution in [1.29, 1.82) is 0 Å². The Morgan fingerprint density at radius 1 is 0.361 bits per heavy atom. The number of rotatable bonds is 27. The summed E-state index contributed by atoms with van der Waals surface area (Å²) in [6.45, 7) is 1.07. The summed E-state index contributed by atoms with van der Waals surface area (Å²) in [4.78, 5) is 140. The van der Waals surface area contributed by atoms with Crippen molar-refractivity contribution in [2.75, 3.05) is 111 Å². The first-order valence-electron chi connectivity index (χ1n) is 42.2. The van der Waals surface area contributed by atoms with Crippen molar-refractivity contribution < 1.29 is 80.5 Å². The Kier molecular flexibility index (Phi) is 34.2. The number of likely N-dealkylation sites (N-methyl/N-ethyl adjacent to an activating group) is 1. The van der Waals surface area contributed by atoms with Crippen LogP contribution in [0.15, 0.2) is 284 Å². The molecule has 0 spiro atoms. The minimum Gasteiger partial charge on any atom is -0.465 e. The van der Waals surface area contributed by atoms with Crippen molar-refractivity contribution in [3.05, 3.63) is 323 Å². The molecule has 0 unspecified atom stereocenters. The van der Waals surface area contributed by atoms with Crippen LogP contribution in [0.2, 0.25) is 17.3 Å². The number of esters is 1. The van der Waals surface area contributed by atoms with Crippen LogP contribution in [0.25, 0.3) is 65.8 Å². The van der Waals surface area contributed by atoms with Crippen LogP contribution in [0.4, 0.5) is 70.4 Å². The number of ether oxygens (including phenoxy) is 1. The number of halogens is 4. The van der Waals surface area contributed by atoms with Gasteiger partial charge in [0.15, 0.2) is 9.84 Å². The SMILES string of the molecule is CNc1ccc2c(=O)n(-c3ccc(NC(=O)NS(=O)(=O)c4ccc(Cl)s4)cc3)cc(C(=O)NCCN(C)C)c2c1.CNc1ccc2c(=O)n(-c3ccc(NC(=O)NS(=O)(=O)c4ccc(Cl)s4)cc3)cc(C(=O)OC)c2c1.CNc1ccc2c(=O)n(-c3ccc(NC(=O)NS(=O)(=O)c4ccc(Cl)s4)cc3)cc(S(C)(=O)=O)c2c1.CNc1ccc2c(=O)n(-c3ccc(NC(=O)NS(=O)(=O)c4ccc(Cl)s4)cc3)cc([N+](=O)[O-])c2c1. The van der Waals surface area contributed by atoms with Crippen LogP contribution in [0.1, 0.15) is 20.7 Å². The molecule has 0 bridgehead atoms. The van der Waals surface area contributed by atoms with Crippen LogP contribution >= 0.6 is 91.8 Å². The van der Waals surface area contributed by atoms with E-state index in [4.69, 9.17) is 51.1 Å². The van der Waals surface area contributed by atoms with Gasteiger partial charge in [-0.05, 0) is 232 Å². The molecule has 9 amide bonds. The van der Waals surface area contributed by atoms with Gasteiger partial charge in [-0.2, -0.15) is 0 Å². The van der Waals surface area contributed by atoms with Gasteiger partial charge in [-0.1, -0.05) is 46.4 Å². The average molecular weight is 2250 g/mol. The molecular formula is C92H81Cl4N19O23S9. The molecule has 8 aromatic heterocycles. The molecule has 0 saturated carbocycles. The van der Waals surface area contributed by atoms with Crippen molar-refractivity contribution in [2.24, 2.45) is 0 Å². The fraction of sp³-hybridized carbons (Fsp3) is 0.109. The molecular weight excluding hydrogens is 2170 g/mol. The first-order chi connectivity index (χ1) is 69.6. The number of pyridine rings is 4. The molecule has 8 aromatic carbocycles. The molecule has 0 atom stereocenters. The number of aromatic nitrogens is 4. The zero-order chi connectivity index (χ0) is 107. The van der Waals surface area contributed by atoms with Crippen molar-refractivity contribution in [3.63, 3.8) is 0 Å². The highest BCUT2D eigenvalue weighted by Gasteiger charge is 2.29. The van der Waals surface area contributed by atoms with Gasteiger partial charge in [0.05, 0.1) is 62.4 Å². The minimum absolute atomic E-state index is 0.0188. The molecule has 16 rings (SSSR count). The molecule has 42 nitrogen and oxygen atoms in total. The number of fused-ring (bicyclic) bond motifs is 4. The molecule has 0 radical (unpaired) electrons. The normalized spacial score (nSPS) is 11.4. The topological polar surface area (TPSA) is 573 Å². The van der Waals surface area contributed by atoms with E-state index in [2.05, 4.69) is 47.9 Å². The number of hydrogen-bond acceptors (Lipinski definition) is 32. The molecule has 0 aliphatic heterocycles. The summed E-state index contributed by atoms with van der Waals surface area (Å²) in [6, 6.07) is 50.5. The number of benzene rings is 8. The minimum atomic E-state index is -4.10. The summed E-state index contributed by atoms with van der Waals surface area (Å²) in [5, 5.41) is 38.5. The zero-order valence-corrected chi connectivity index (χ0v) is 87.6. The third kappa shape index (κ3) is 26.4. The number of urea groups is 4. The van der Waals surface area contributed by atoms with Crippen molar-refractivity contribution in [2.45, 2.75) is 21.7 Å². The number of nitrogens with zero attached hydrogens (tertiary/aromatic N) is 6. The number of nitrogens with one attached hydrogen (secondary N) is 13. The molecule has 55 heteroatoms. The quantitative estimate of drug-likeness (QED) is 0.0129. The van der Waals surface area contributed by atoms with Crippen LogP contribution in [-0.2, 0) is 54.7 Å². The van der Waals surface area contributed by atoms with Gasteiger partial charge in [0, 0.05) is 167 Å². The van der Waals surface area contributed by atoms with Gasteiger partial charge in [0.25, 0.3) is 73.9 Å². The van der Waals surface area contributed by atoms with Crippen LogP contribution < -0.4 is 89.0 Å². The van der Waals surface area contributed by atoms with Crippen molar-refractivity contribution in [1.82, 2.24) is 47.4 Å². The van der Waals surface area contributed by atoms with E-state index in [1.807, 2.05) is 37.9 Å². The monoisotopic (exact) mass is 2250 g/mol. The van der Waals surface area contributed by atoms with Crippen LogP contribution in [0.3, 0.4) is 0 Å². The molecule has 0 saturated heterocycles. The van der Waals surface area contributed by atoms with Gasteiger partial charge in [0.2, 0.25) is 0 Å². The predicted molar refractivity (Wildman–Crippen MR) is 573 cm³/mol. The molecule has 764 valence electrons.